The third-order valence-electron chi connectivity index (χ3n) is 3.44. The molecule has 0 saturated carbocycles. The van der Waals surface area contributed by atoms with E-state index in [9.17, 15) is 19.8 Å². The summed E-state index contributed by atoms with van der Waals surface area (Å²) in [5, 5.41) is 39.4. The summed E-state index contributed by atoms with van der Waals surface area (Å²) >= 11 is 0. The number of carbonyl (C=O) groups excluding carboxylic acids is 2. The zero-order valence-electron chi connectivity index (χ0n) is 10.6. The van der Waals surface area contributed by atoms with Crippen molar-refractivity contribution in [1.82, 2.24) is 10.2 Å². The van der Waals surface area contributed by atoms with Gasteiger partial charge in [-0.3, -0.25) is 15.0 Å². The molecule has 2 aliphatic heterocycles. The van der Waals surface area contributed by atoms with Crippen molar-refractivity contribution < 1.29 is 39.8 Å². The van der Waals surface area contributed by atoms with Crippen molar-refractivity contribution in [3.63, 3.8) is 0 Å². The molecular weight excluding hydrogens is 276 g/mol. The van der Waals surface area contributed by atoms with E-state index in [2.05, 4.69) is 4.89 Å². The number of urea groups is 1. The Hall–Kier alpha value is -1.30. The molecule has 0 bridgehead atoms. The van der Waals surface area contributed by atoms with Gasteiger partial charge in [0.15, 0.2) is 5.60 Å². The smallest absolute Gasteiger partial charge is 0.328 e. The zero-order valence-corrected chi connectivity index (χ0v) is 10.6. The van der Waals surface area contributed by atoms with E-state index in [1.807, 2.05) is 5.32 Å². The van der Waals surface area contributed by atoms with E-state index >= 15 is 0 Å². The van der Waals surface area contributed by atoms with Crippen LogP contribution in [-0.4, -0.2) is 74.3 Å². The van der Waals surface area contributed by atoms with Gasteiger partial charge in [-0.15, -0.1) is 0 Å². The van der Waals surface area contributed by atoms with Crippen LogP contribution in [0.2, 0.25) is 0 Å². The Morgan fingerprint density at radius 1 is 1.55 bits per heavy atom. The number of aliphatic hydroxyl groups is 3. The summed E-state index contributed by atoms with van der Waals surface area (Å²) in [4.78, 5) is 28.1. The molecule has 0 aliphatic carbocycles. The Labute approximate surface area is 113 Å². The van der Waals surface area contributed by atoms with Crippen molar-refractivity contribution in [2.24, 2.45) is 0 Å². The Balaban J connectivity index is 2.25. The lowest BCUT2D eigenvalue weighted by Crippen LogP contribution is -2.71. The van der Waals surface area contributed by atoms with Gasteiger partial charge in [-0.1, -0.05) is 0 Å². The van der Waals surface area contributed by atoms with Crippen LogP contribution >= 0.6 is 0 Å². The number of imide groups is 1. The molecule has 0 aromatic rings. The molecule has 2 heterocycles. The molecule has 114 valence electrons. The molecule has 2 saturated heterocycles. The number of hydrogen-bond acceptors (Lipinski definition) is 8. The molecule has 0 radical (unpaired) electrons. The summed E-state index contributed by atoms with van der Waals surface area (Å²) < 4.78 is 5.24. The number of carbonyl (C=O) groups is 2. The molecule has 0 aromatic heterocycles. The fourth-order valence-corrected chi connectivity index (χ4v) is 2.26. The Morgan fingerprint density at radius 3 is 2.70 bits per heavy atom. The summed E-state index contributed by atoms with van der Waals surface area (Å²) in [5.41, 5.74) is -2.20. The van der Waals surface area contributed by atoms with Gasteiger partial charge >= 0.3 is 6.03 Å². The second-order valence-electron chi connectivity index (χ2n) is 4.89. The molecule has 0 unspecified atom stereocenters. The first-order chi connectivity index (χ1) is 9.32. The first-order valence-corrected chi connectivity index (χ1v) is 5.93. The second-order valence-corrected chi connectivity index (χ2v) is 4.89. The van der Waals surface area contributed by atoms with Gasteiger partial charge in [-0.05, 0) is 6.92 Å². The largest absolute Gasteiger partial charge is 0.394 e. The second kappa shape index (κ2) is 5.24. The topological polar surface area (TPSA) is 149 Å². The van der Waals surface area contributed by atoms with E-state index in [4.69, 9.17) is 15.1 Å². The van der Waals surface area contributed by atoms with Gasteiger partial charge in [0.2, 0.25) is 6.23 Å². The van der Waals surface area contributed by atoms with Crippen molar-refractivity contribution >= 4 is 11.9 Å². The van der Waals surface area contributed by atoms with Gasteiger partial charge in [0, 0.05) is 6.42 Å². The summed E-state index contributed by atoms with van der Waals surface area (Å²) in [6.45, 7) is 0.588. The molecule has 0 aromatic carbocycles. The molecule has 2 fully saturated rings. The average Bonchev–Trinajstić information content (AvgIpc) is 2.74. The summed E-state index contributed by atoms with van der Waals surface area (Å²) in [6.07, 6.45) is -4.77. The maximum absolute atomic E-state index is 11.8. The van der Waals surface area contributed by atoms with Gasteiger partial charge in [0.1, 0.15) is 12.3 Å². The number of ether oxygens (including phenoxy) is 1. The van der Waals surface area contributed by atoms with Crippen molar-refractivity contribution in [2.45, 2.75) is 43.6 Å². The summed E-state index contributed by atoms with van der Waals surface area (Å²) in [5.74, 6) is -1.03. The van der Waals surface area contributed by atoms with Crippen LogP contribution in [0.1, 0.15) is 13.3 Å². The molecule has 5 atom stereocenters. The molecule has 5 N–H and O–H groups in total. The first kappa shape index (κ1) is 15.1. The minimum atomic E-state index is -2.20. The van der Waals surface area contributed by atoms with Crippen LogP contribution < -0.4 is 5.32 Å². The fraction of sp³-hybridized carbons (Fsp3) is 0.800. The third kappa shape index (κ3) is 2.26. The highest BCUT2D eigenvalue weighted by atomic mass is 17.1. The van der Waals surface area contributed by atoms with E-state index in [0.717, 1.165) is 11.8 Å². The quantitative estimate of drug-likeness (QED) is 0.285. The molecule has 2 aliphatic rings. The monoisotopic (exact) mass is 292 g/mol. The first-order valence-electron chi connectivity index (χ1n) is 5.93. The maximum Gasteiger partial charge on any atom is 0.328 e. The Kier molecular flexibility index (Phi) is 3.95. The SMILES string of the molecule is C[C@@]1(O)C(=O)NC(=O)N([C@H]2C[C@H](O)[C@@H](CO)O2)[C@H]1OO. The van der Waals surface area contributed by atoms with Crippen LogP contribution in [0.4, 0.5) is 4.79 Å². The molecule has 3 amide bonds. The van der Waals surface area contributed by atoms with Crippen molar-refractivity contribution in [3.05, 3.63) is 0 Å². The highest BCUT2D eigenvalue weighted by Crippen LogP contribution is 2.30. The third-order valence-corrected chi connectivity index (χ3v) is 3.44. The van der Waals surface area contributed by atoms with E-state index < -0.39 is 48.8 Å². The van der Waals surface area contributed by atoms with Crippen molar-refractivity contribution in [3.8, 4) is 0 Å². The molecule has 2 rings (SSSR count). The number of nitrogens with one attached hydrogen (secondary N) is 1. The lowest BCUT2D eigenvalue weighted by Gasteiger charge is -2.43. The number of rotatable bonds is 3. The standard InChI is InChI=1S/C10H16N2O8/c1-10(17)7(15)11-9(16)12(8(10)20-18)6-2-4(14)5(3-13)19-6/h4-6,8,13-14,17-18H,2-3H2,1H3,(H,11,15,16)/t4-,5+,6+,8-,10+/m0/s1. The Morgan fingerprint density at radius 2 is 2.20 bits per heavy atom. The minimum absolute atomic E-state index is 0.0667. The van der Waals surface area contributed by atoms with Gasteiger partial charge in [-0.2, -0.15) is 0 Å². The van der Waals surface area contributed by atoms with Crippen molar-refractivity contribution in [2.75, 3.05) is 6.61 Å². The lowest BCUT2D eigenvalue weighted by molar-refractivity contribution is -0.350. The van der Waals surface area contributed by atoms with Crippen LogP contribution in [-0.2, 0) is 14.4 Å². The maximum atomic E-state index is 11.8. The van der Waals surface area contributed by atoms with Gasteiger partial charge in [0.05, 0.1) is 12.7 Å². The number of hydrogen-bond donors (Lipinski definition) is 5. The van der Waals surface area contributed by atoms with Crippen LogP contribution in [0.5, 0.6) is 0 Å². The van der Waals surface area contributed by atoms with Crippen LogP contribution in [0.15, 0.2) is 0 Å². The normalized spacial score (nSPS) is 42.0. The van der Waals surface area contributed by atoms with Crippen molar-refractivity contribution in [1.29, 1.82) is 0 Å². The highest BCUT2D eigenvalue weighted by molar-refractivity contribution is 6.01. The molecule has 10 nitrogen and oxygen atoms in total. The average molecular weight is 292 g/mol. The van der Waals surface area contributed by atoms with Gasteiger partial charge in [-0.25, -0.2) is 14.9 Å². The fourth-order valence-electron chi connectivity index (χ4n) is 2.26. The minimum Gasteiger partial charge on any atom is -0.394 e. The van der Waals surface area contributed by atoms with Gasteiger partial charge in [0.25, 0.3) is 5.91 Å². The number of aliphatic hydroxyl groups excluding tert-OH is 2. The van der Waals surface area contributed by atoms with Crippen LogP contribution in [0, 0.1) is 0 Å². The van der Waals surface area contributed by atoms with Crippen LogP contribution in [0.3, 0.4) is 0 Å². The number of amides is 3. The molecule has 0 spiro atoms. The predicted octanol–water partition coefficient (Wildman–Crippen LogP) is -2.43. The number of nitrogens with zero attached hydrogens (tertiary/aromatic N) is 1. The van der Waals surface area contributed by atoms with Crippen LogP contribution in [0.25, 0.3) is 0 Å². The Bertz CT molecular complexity index is 414. The van der Waals surface area contributed by atoms with E-state index in [0.29, 0.717) is 0 Å². The van der Waals surface area contributed by atoms with E-state index in [-0.39, 0.29) is 6.42 Å². The molecule has 20 heavy (non-hydrogen) atoms. The summed E-state index contributed by atoms with van der Waals surface area (Å²) in [6, 6.07) is -0.948. The molecular formula is C10H16N2O8. The van der Waals surface area contributed by atoms with Gasteiger partial charge < -0.3 is 20.1 Å². The predicted molar refractivity (Wildman–Crippen MR) is 59.9 cm³/mol. The zero-order chi connectivity index (χ0) is 15.1. The highest BCUT2D eigenvalue weighted by Gasteiger charge is 2.55. The lowest BCUT2D eigenvalue weighted by atomic mass is 10.00. The van der Waals surface area contributed by atoms with E-state index in [1.165, 1.54) is 0 Å². The molecule has 10 heteroatoms. The van der Waals surface area contributed by atoms with E-state index in [1.54, 1.807) is 0 Å². The summed E-state index contributed by atoms with van der Waals surface area (Å²) in [7, 11) is 0.